The van der Waals surface area contributed by atoms with E-state index in [4.69, 9.17) is 9.94 Å². The summed E-state index contributed by atoms with van der Waals surface area (Å²) in [6.07, 6.45) is 1.96. The van der Waals surface area contributed by atoms with Crippen molar-refractivity contribution in [2.24, 2.45) is 11.1 Å². The third kappa shape index (κ3) is 2.66. The smallest absolute Gasteiger partial charge is 0.122 e. The van der Waals surface area contributed by atoms with Crippen LogP contribution >= 0.6 is 0 Å². The second-order valence-electron chi connectivity index (χ2n) is 5.87. The molecule has 1 aromatic carbocycles. The summed E-state index contributed by atoms with van der Waals surface area (Å²) in [5.74, 6) is 1.95. The average molecular weight is 274 g/mol. The molecular weight excluding hydrogens is 252 g/mol. The number of rotatable bonds is 2. The van der Waals surface area contributed by atoms with Gasteiger partial charge in [0.1, 0.15) is 5.75 Å². The van der Waals surface area contributed by atoms with Crippen molar-refractivity contribution in [2.45, 2.75) is 25.7 Å². The number of likely N-dealkylation sites (tertiary alicyclic amines) is 1. The van der Waals surface area contributed by atoms with E-state index in [-0.39, 0.29) is 0 Å². The Morgan fingerprint density at radius 3 is 3.05 bits per heavy atom. The Kier molecular flexibility index (Phi) is 3.92. The van der Waals surface area contributed by atoms with E-state index in [1.165, 1.54) is 5.56 Å². The summed E-state index contributed by atoms with van der Waals surface area (Å²) >= 11 is 0. The first kappa shape index (κ1) is 13.4. The number of ether oxygens (including phenoxy) is 1. The normalized spacial score (nSPS) is 28.9. The highest BCUT2D eigenvalue weighted by atomic mass is 16.5. The van der Waals surface area contributed by atoms with Crippen LogP contribution in [0.4, 0.5) is 0 Å². The van der Waals surface area contributed by atoms with Crippen LogP contribution in [0.25, 0.3) is 0 Å². The van der Waals surface area contributed by atoms with Crippen molar-refractivity contribution in [1.29, 1.82) is 0 Å². The summed E-state index contributed by atoms with van der Waals surface area (Å²) in [6.45, 7) is 6.00. The van der Waals surface area contributed by atoms with Crippen molar-refractivity contribution in [1.82, 2.24) is 4.90 Å². The van der Waals surface area contributed by atoms with Crippen molar-refractivity contribution in [3.05, 3.63) is 29.8 Å². The second-order valence-corrected chi connectivity index (χ2v) is 5.87. The molecule has 20 heavy (non-hydrogen) atoms. The van der Waals surface area contributed by atoms with Gasteiger partial charge in [-0.1, -0.05) is 30.3 Å². The largest absolute Gasteiger partial charge is 0.493 e. The molecule has 0 bridgehead atoms. The molecule has 0 aromatic heterocycles. The highest BCUT2D eigenvalue weighted by Gasteiger charge is 2.27. The van der Waals surface area contributed by atoms with Gasteiger partial charge in [-0.25, -0.2) is 0 Å². The topological polar surface area (TPSA) is 45.1 Å². The van der Waals surface area contributed by atoms with Crippen molar-refractivity contribution < 1.29 is 9.94 Å². The van der Waals surface area contributed by atoms with Gasteiger partial charge in [0.2, 0.25) is 0 Å². The lowest BCUT2D eigenvalue weighted by Crippen LogP contribution is -2.42. The monoisotopic (exact) mass is 274 g/mol. The maximum absolute atomic E-state index is 8.95. The van der Waals surface area contributed by atoms with Gasteiger partial charge in [0, 0.05) is 37.9 Å². The van der Waals surface area contributed by atoms with E-state index < -0.39 is 0 Å². The Balaban J connectivity index is 1.68. The van der Waals surface area contributed by atoms with Gasteiger partial charge in [-0.15, -0.1) is 0 Å². The fourth-order valence-electron chi connectivity index (χ4n) is 3.33. The summed E-state index contributed by atoms with van der Waals surface area (Å²) in [5, 5.41) is 12.4. The molecule has 1 fully saturated rings. The van der Waals surface area contributed by atoms with Gasteiger partial charge in [0.15, 0.2) is 0 Å². The zero-order chi connectivity index (χ0) is 13.9. The van der Waals surface area contributed by atoms with Crippen LogP contribution in [0.1, 0.15) is 31.2 Å². The van der Waals surface area contributed by atoms with E-state index in [9.17, 15) is 0 Å². The van der Waals surface area contributed by atoms with Gasteiger partial charge in [0.05, 0.1) is 12.3 Å². The molecule has 2 heterocycles. The van der Waals surface area contributed by atoms with Gasteiger partial charge in [-0.3, -0.25) is 0 Å². The minimum absolute atomic E-state index is 0.351. The Hall–Kier alpha value is -1.55. The van der Waals surface area contributed by atoms with E-state index >= 15 is 0 Å². The first-order valence-electron chi connectivity index (χ1n) is 7.43. The van der Waals surface area contributed by atoms with Crippen LogP contribution in [0, 0.1) is 5.92 Å². The molecule has 108 valence electrons. The number of benzene rings is 1. The highest BCUT2D eigenvalue weighted by Crippen LogP contribution is 2.34. The predicted octanol–water partition coefficient (Wildman–Crippen LogP) is 2.72. The number of fused-ring (bicyclic) bond motifs is 1. The van der Waals surface area contributed by atoms with E-state index in [1.807, 2.05) is 6.07 Å². The van der Waals surface area contributed by atoms with Crippen LogP contribution in [-0.4, -0.2) is 42.1 Å². The molecule has 2 aliphatic heterocycles. The lowest BCUT2D eigenvalue weighted by molar-refractivity contribution is 0.194. The number of nitrogens with zero attached hydrogens (tertiary/aromatic N) is 2. The summed E-state index contributed by atoms with van der Waals surface area (Å²) in [7, 11) is 0. The zero-order valence-electron chi connectivity index (χ0n) is 12.0. The molecule has 1 N–H and O–H groups in total. The van der Waals surface area contributed by atoms with Gasteiger partial charge >= 0.3 is 0 Å². The maximum atomic E-state index is 8.95. The van der Waals surface area contributed by atoms with E-state index in [0.717, 1.165) is 50.5 Å². The number of para-hydroxylation sites is 1. The number of piperidine rings is 1. The summed E-state index contributed by atoms with van der Waals surface area (Å²) < 4.78 is 5.73. The van der Waals surface area contributed by atoms with Gasteiger partial charge < -0.3 is 14.8 Å². The SMILES string of the molecule is CC1CN(CC2CCOc3ccccc32)CC/C1=N\O. The number of oxime groups is 1. The Morgan fingerprint density at radius 1 is 1.40 bits per heavy atom. The minimum Gasteiger partial charge on any atom is -0.493 e. The highest BCUT2D eigenvalue weighted by molar-refractivity contribution is 5.86. The molecule has 4 heteroatoms. The molecule has 0 saturated carbocycles. The third-order valence-electron chi connectivity index (χ3n) is 4.47. The van der Waals surface area contributed by atoms with Crippen molar-refractivity contribution in [3.63, 3.8) is 0 Å². The lowest BCUT2D eigenvalue weighted by Gasteiger charge is -2.35. The molecule has 2 aliphatic rings. The standard InChI is InChI=1S/C16H22N2O2/c1-12-10-18(8-6-15(12)17-19)11-13-7-9-20-16-5-3-2-4-14(13)16/h2-5,12-13,19H,6-11H2,1H3/b17-15+. The van der Waals surface area contributed by atoms with E-state index in [0.29, 0.717) is 11.8 Å². The third-order valence-corrected chi connectivity index (χ3v) is 4.47. The second kappa shape index (κ2) is 5.83. The van der Waals surface area contributed by atoms with Gasteiger partial charge in [-0.2, -0.15) is 0 Å². The van der Waals surface area contributed by atoms with E-state index in [1.54, 1.807) is 0 Å². The van der Waals surface area contributed by atoms with Crippen LogP contribution in [-0.2, 0) is 0 Å². The molecule has 0 amide bonds. The molecule has 0 radical (unpaired) electrons. The summed E-state index contributed by atoms with van der Waals surface area (Å²) in [5.41, 5.74) is 2.28. The molecule has 2 unspecified atom stereocenters. The molecule has 3 rings (SSSR count). The van der Waals surface area contributed by atoms with Crippen LogP contribution < -0.4 is 4.74 Å². The van der Waals surface area contributed by atoms with Gasteiger partial charge in [0.25, 0.3) is 0 Å². The first-order valence-corrected chi connectivity index (χ1v) is 7.43. The van der Waals surface area contributed by atoms with Crippen molar-refractivity contribution >= 4 is 5.71 Å². The summed E-state index contributed by atoms with van der Waals surface area (Å²) in [4.78, 5) is 2.49. The molecule has 1 aromatic rings. The lowest BCUT2D eigenvalue weighted by atomic mass is 9.90. The zero-order valence-corrected chi connectivity index (χ0v) is 12.0. The number of hydrogen-bond donors (Lipinski definition) is 1. The van der Waals surface area contributed by atoms with Crippen LogP contribution in [0.5, 0.6) is 5.75 Å². The van der Waals surface area contributed by atoms with Crippen molar-refractivity contribution in [3.8, 4) is 5.75 Å². The number of hydrogen-bond acceptors (Lipinski definition) is 4. The van der Waals surface area contributed by atoms with Crippen molar-refractivity contribution in [2.75, 3.05) is 26.2 Å². The Morgan fingerprint density at radius 2 is 2.25 bits per heavy atom. The fourth-order valence-corrected chi connectivity index (χ4v) is 3.33. The fraction of sp³-hybridized carbons (Fsp3) is 0.562. The molecular formula is C16H22N2O2. The quantitative estimate of drug-likeness (QED) is 0.666. The first-order chi connectivity index (χ1) is 9.78. The van der Waals surface area contributed by atoms with Crippen LogP contribution in [0.2, 0.25) is 0 Å². The molecule has 2 atom stereocenters. The Bertz CT molecular complexity index is 501. The summed E-state index contributed by atoms with van der Waals surface area (Å²) in [6, 6.07) is 8.38. The minimum atomic E-state index is 0.351. The maximum Gasteiger partial charge on any atom is 0.122 e. The van der Waals surface area contributed by atoms with Crippen LogP contribution in [0.3, 0.4) is 0 Å². The molecule has 0 aliphatic carbocycles. The van der Waals surface area contributed by atoms with Gasteiger partial charge in [-0.05, 0) is 18.1 Å². The predicted molar refractivity (Wildman–Crippen MR) is 78.7 cm³/mol. The molecule has 1 saturated heterocycles. The molecule has 4 nitrogen and oxygen atoms in total. The average Bonchev–Trinajstić information content (AvgIpc) is 2.48. The molecule has 0 spiro atoms. The Labute approximate surface area is 120 Å². The van der Waals surface area contributed by atoms with E-state index in [2.05, 4.69) is 35.2 Å². The van der Waals surface area contributed by atoms with Crippen LogP contribution in [0.15, 0.2) is 29.4 Å².